The Balaban J connectivity index is 1.45. The van der Waals surface area contributed by atoms with Gasteiger partial charge in [-0.05, 0) is 31.4 Å². The van der Waals surface area contributed by atoms with E-state index >= 15 is 0 Å². The molecule has 0 aliphatic carbocycles. The monoisotopic (exact) mass is 397 g/mol. The number of hydrogen-bond donors (Lipinski definition) is 1. The molecule has 2 aliphatic rings. The van der Waals surface area contributed by atoms with Gasteiger partial charge in [0.05, 0.1) is 6.54 Å². The van der Waals surface area contributed by atoms with Crippen LogP contribution in [0.1, 0.15) is 40.6 Å². The molecule has 2 aromatic rings. The van der Waals surface area contributed by atoms with Crippen LogP contribution in [0.15, 0.2) is 35.5 Å². The molecule has 0 radical (unpaired) electrons. The zero-order valence-electron chi connectivity index (χ0n) is 16.5. The van der Waals surface area contributed by atoms with Gasteiger partial charge in [0, 0.05) is 55.8 Å². The molecule has 7 heteroatoms. The molecule has 1 saturated heterocycles. The molecular weight excluding hydrogens is 370 g/mol. The van der Waals surface area contributed by atoms with E-state index in [1.165, 1.54) is 16.1 Å². The van der Waals surface area contributed by atoms with Crippen molar-refractivity contribution in [2.75, 3.05) is 31.6 Å². The number of carbonyl (C=O) groups excluding carboxylic acids is 1. The minimum atomic E-state index is 0.305. The Bertz CT molecular complexity index is 877. The van der Waals surface area contributed by atoms with Gasteiger partial charge in [-0.15, -0.1) is 11.3 Å². The zero-order valence-corrected chi connectivity index (χ0v) is 17.3. The number of aliphatic imine (C=N–C) groups is 1. The maximum Gasteiger partial charge on any atom is 0.222 e. The van der Waals surface area contributed by atoms with Crippen LogP contribution in [0.4, 0.5) is 5.69 Å². The first-order valence-electron chi connectivity index (χ1n) is 9.92. The van der Waals surface area contributed by atoms with Gasteiger partial charge in [0.1, 0.15) is 5.01 Å². The Morgan fingerprint density at radius 1 is 1.39 bits per heavy atom. The lowest BCUT2D eigenvalue weighted by Gasteiger charge is -2.23. The molecule has 148 valence electrons. The number of aryl methyl sites for hydroxylation is 1. The molecule has 1 N–H and O–H groups in total. The van der Waals surface area contributed by atoms with E-state index in [1.54, 1.807) is 11.3 Å². The van der Waals surface area contributed by atoms with E-state index in [0.717, 1.165) is 43.4 Å². The molecule has 2 aliphatic heterocycles. The summed E-state index contributed by atoms with van der Waals surface area (Å²) in [7, 11) is 1.83. The van der Waals surface area contributed by atoms with Crippen molar-refractivity contribution in [2.24, 2.45) is 4.99 Å². The number of guanidine groups is 1. The van der Waals surface area contributed by atoms with Crippen molar-refractivity contribution >= 4 is 28.9 Å². The van der Waals surface area contributed by atoms with Crippen LogP contribution in [0.5, 0.6) is 0 Å². The third-order valence-electron chi connectivity index (χ3n) is 5.52. The van der Waals surface area contributed by atoms with E-state index < -0.39 is 0 Å². The molecule has 0 saturated carbocycles. The lowest BCUT2D eigenvalue weighted by atomic mass is 9.98. The van der Waals surface area contributed by atoms with Crippen LogP contribution in [-0.4, -0.2) is 48.4 Å². The van der Waals surface area contributed by atoms with Gasteiger partial charge in [-0.2, -0.15) is 0 Å². The smallest absolute Gasteiger partial charge is 0.222 e. The van der Waals surface area contributed by atoms with Crippen molar-refractivity contribution in [3.63, 3.8) is 0 Å². The highest BCUT2D eigenvalue weighted by molar-refractivity contribution is 7.11. The van der Waals surface area contributed by atoms with Crippen LogP contribution in [0, 0.1) is 6.92 Å². The van der Waals surface area contributed by atoms with E-state index in [2.05, 4.69) is 51.4 Å². The fraction of sp³-hybridized carbons (Fsp3) is 0.476. The van der Waals surface area contributed by atoms with Crippen molar-refractivity contribution in [1.82, 2.24) is 15.2 Å². The maximum atomic E-state index is 11.9. The van der Waals surface area contributed by atoms with Crippen molar-refractivity contribution in [3.8, 4) is 0 Å². The molecule has 6 nitrogen and oxygen atoms in total. The van der Waals surface area contributed by atoms with Crippen LogP contribution >= 0.6 is 11.3 Å². The predicted molar refractivity (Wildman–Crippen MR) is 114 cm³/mol. The van der Waals surface area contributed by atoms with Crippen molar-refractivity contribution in [2.45, 2.75) is 38.6 Å². The molecule has 0 spiro atoms. The number of hydrogen-bond acceptors (Lipinski definition) is 4. The van der Waals surface area contributed by atoms with Gasteiger partial charge in [-0.25, -0.2) is 4.98 Å². The van der Waals surface area contributed by atoms with Gasteiger partial charge in [0.25, 0.3) is 0 Å². The predicted octanol–water partition coefficient (Wildman–Crippen LogP) is 3.14. The summed E-state index contributed by atoms with van der Waals surface area (Å²) in [5, 5.41) is 4.53. The van der Waals surface area contributed by atoms with E-state index in [0.29, 0.717) is 24.8 Å². The Kier molecular flexibility index (Phi) is 5.62. The normalized spacial score (nSPS) is 19.4. The van der Waals surface area contributed by atoms with Crippen molar-refractivity contribution < 1.29 is 4.79 Å². The largest absolute Gasteiger partial charge is 0.349 e. The number of carbonyl (C=O) groups is 1. The molecule has 1 aromatic carbocycles. The highest BCUT2D eigenvalue weighted by atomic mass is 32.1. The summed E-state index contributed by atoms with van der Waals surface area (Å²) in [6.45, 7) is 5.39. The number of thiazole rings is 1. The van der Waals surface area contributed by atoms with Crippen molar-refractivity contribution in [3.05, 3.63) is 45.9 Å². The summed E-state index contributed by atoms with van der Waals surface area (Å²) in [5.74, 6) is 1.59. The lowest BCUT2D eigenvalue weighted by molar-refractivity contribution is -0.127. The average Bonchev–Trinajstić information content (AvgIpc) is 3.40. The van der Waals surface area contributed by atoms with Crippen molar-refractivity contribution in [1.29, 1.82) is 0 Å². The van der Waals surface area contributed by atoms with Gasteiger partial charge >= 0.3 is 0 Å². The second-order valence-electron chi connectivity index (χ2n) is 7.40. The quantitative estimate of drug-likeness (QED) is 0.622. The maximum absolute atomic E-state index is 11.9. The summed E-state index contributed by atoms with van der Waals surface area (Å²) in [6, 6.07) is 8.56. The fourth-order valence-electron chi connectivity index (χ4n) is 4.13. The summed E-state index contributed by atoms with van der Waals surface area (Å²) in [5.41, 5.74) is 2.56. The molecule has 1 amide bonds. The summed E-state index contributed by atoms with van der Waals surface area (Å²) < 4.78 is 0. The highest BCUT2D eigenvalue weighted by Crippen LogP contribution is 2.38. The Hall–Kier alpha value is -2.41. The van der Waals surface area contributed by atoms with E-state index in [9.17, 15) is 4.79 Å². The standard InChI is InChI=1S/C21H27N5OS/c1-15-12-23-19(28-15)13-24-21(22-2)26-14-16(17-6-3-4-7-18(17)26)9-11-25-10-5-8-20(25)27/h3-4,6-7,12,16H,5,8-11,13-14H2,1-2H3,(H,22,24). The number of amides is 1. The third-order valence-corrected chi connectivity index (χ3v) is 6.44. The van der Waals surface area contributed by atoms with Crippen LogP contribution in [0.3, 0.4) is 0 Å². The molecule has 0 bridgehead atoms. The average molecular weight is 398 g/mol. The lowest BCUT2D eigenvalue weighted by Crippen LogP contribution is -2.40. The number of nitrogens with one attached hydrogen (secondary N) is 1. The van der Waals surface area contributed by atoms with Gasteiger partial charge in [0.15, 0.2) is 5.96 Å². The first kappa shape index (κ1) is 18.9. The molecule has 28 heavy (non-hydrogen) atoms. The highest BCUT2D eigenvalue weighted by Gasteiger charge is 2.32. The Labute approximate surface area is 170 Å². The number of benzene rings is 1. The number of rotatable bonds is 5. The summed E-state index contributed by atoms with van der Waals surface area (Å²) in [6.07, 6.45) is 4.60. The molecule has 3 heterocycles. The van der Waals surface area contributed by atoms with Crippen LogP contribution in [-0.2, 0) is 11.3 Å². The number of fused-ring (bicyclic) bond motifs is 1. The molecule has 1 aromatic heterocycles. The van der Waals surface area contributed by atoms with Crippen LogP contribution < -0.4 is 10.2 Å². The SMILES string of the molecule is CN=C(NCc1ncc(C)s1)N1CC(CCN2CCCC2=O)c2ccccc21. The van der Waals surface area contributed by atoms with Gasteiger partial charge in [-0.1, -0.05) is 18.2 Å². The van der Waals surface area contributed by atoms with E-state index in [-0.39, 0.29) is 0 Å². The van der Waals surface area contributed by atoms with Crippen LogP contribution in [0.25, 0.3) is 0 Å². The fourth-order valence-corrected chi connectivity index (χ4v) is 4.85. The number of para-hydroxylation sites is 1. The summed E-state index contributed by atoms with van der Waals surface area (Å²) in [4.78, 5) is 26.4. The zero-order chi connectivity index (χ0) is 19.5. The Morgan fingerprint density at radius 3 is 2.96 bits per heavy atom. The third kappa shape index (κ3) is 3.90. The Morgan fingerprint density at radius 2 is 2.25 bits per heavy atom. The number of likely N-dealkylation sites (tertiary alicyclic amines) is 1. The first-order valence-corrected chi connectivity index (χ1v) is 10.7. The van der Waals surface area contributed by atoms with Gasteiger partial charge in [-0.3, -0.25) is 9.79 Å². The molecular formula is C21H27N5OS. The minimum Gasteiger partial charge on any atom is -0.349 e. The molecule has 1 unspecified atom stereocenters. The molecule has 1 atom stereocenters. The summed E-state index contributed by atoms with van der Waals surface area (Å²) >= 11 is 1.71. The van der Waals surface area contributed by atoms with Crippen LogP contribution in [0.2, 0.25) is 0 Å². The van der Waals surface area contributed by atoms with E-state index in [1.807, 2.05) is 18.1 Å². The minimum absolute atomic E-state index is 0.305. The number of anilines is 1. The molecule has 4 rings (SSSR count). The van der Waals surface area contributed by atoms with Gasteiger partial charge in [0.2, 0.25) is 5.91 Å². The van der Waals surface area contributed by atoms with E-state index in [4.69, 9.17) is 0 Å². The second kappa shape index (κ2) is 8.31. The first-order chi connectivity index (χ1) is 13.7. The van der Waals surface area contributed by atoms with Gasteiger partial charge < -0.3 is 15.1 Å². The number of aromatic nitrogens is 1. The topological polar surface area (TPSA) is 60.8 Å². The second-order valence-corrected chi connectivity index (χ2v) is 8.72. The number of nitrogens with zero attached hydrogens (tertiary/aromatic N) is 4. The molecule has 1 fully saturated rings.